The van der Waals surface area contributed by atoms with E-state index in [4.69, 9.17) is 10.5 Å². The number of rotatable bonds is 4. The third kappa shape index (κ3) is 3.11. The van der Waals surface area contributed by atoms with Crippen molar-refractivity contribution in [2.45, 2.75) is 4.90 Å². The number of anilines is 1. The summed E-state index contributed by atoms with van der Waals surface area (Å²) < 4.78 is 57.1. The van der Waals surface area contributed by atoms with Crippen molar-refractivity contribution in [1.29, 1.82) is 0 Å². The Morgan fingerprint density at radius 3 is 2.48 bits per heavy atom. The van der Waals surface area contributed by atoms with Crippen LogP contribution >= 0.6 is 0 Å². The summed E-state index contributed by atoms with van der Waals surface area (Å²) in [6.07, 6.45) is 0. The maximum atomic E-state index is 13.5. The average Bonchev–Trinajstić information content (AvgIpc) is 2.45. The Labute approximate surface area is 120 Å². The van der Waals surface area contributed by atoms with Gasteiger partial charge in [-0.2, -0.15) is 4.39 Å². The SMILES string of the molecule is CNS(=O)(=O)c1ccc(Oc2cccc(F)c2F)c(N)c1. The summed E-state index contributed by atoms with van der Waals surface area (Å²) in [5.74, 6) is -2.52. The van der Waals surface area contributed by atoms with Crippen LogP contribution in [0.25, 0.3) is 0 Å². The van der Waals surface area contributed by atoms with Crippen LogP contribution in [0.3, 0.4) is 0 Å². The number of nitrogens with two attached hydrogens (primary N) is 1. The van der Waals surface area contributed by atoms with Crippen LogP contribution in [0.4, 0.5) is 14.5 Å². The maximum absolute atomic E-state index is 13.5. The van der Waals surface area contributed by atoms with Gasteiger partial charge >= 0.3 is 0 Å². The molecular formula is C13H12F2N2O3S. The molecule has 0 aliphatic rings. The summed E-state index contributed by atoms with van der Waals surface area (Å²) in [6.45, 7) is 0. The lowest BCUT2D eigenvalue weighted by atomic mass is 10.3. The van der Waals surface area contributed by atoms with Crippen molar-refractivity contribution in [3.05, 3.63) is 48.0 Å². The minimum atomic E-state index is -3.64. The molecule has 0 radical (unpaired) electrons. The zero-order chi connectivity index (χ0) is 15.6. The summed E-state index contributed by atoms with van der Waals surface area (Å²) in [5.41, 5.74) is 5.66. The fourth-order valence-electron chi connectivity index (χ4n) is 1.59. The predicted octanol–water partition coefficient (Wildman–Crippen LogP) is 2.25. The molecular weight excluding hydrogens is 302 g/mol. The van der Waals surface area contributed by atoms with Crippen LogP contribution < -0.4 is 15.2 Å². The predicted molar refractivity (Wildman–Crippen MR) is 73.5 cm³/mol. The number of sulfonamides is 1. The van der Waals surface area contributed by atoms with E-state index in [2.05, 4.69) is 4.72 Å². The minimum Gasteiger partial charge on any atom is -0.452 e. The molecule has 2 aromatic rings. The molecule has 0 aliphatic heterocycles. The molecule has 8 heteroatoms. The minimum absolute atomic E-state index is 0.0185. The van der Waals surface area contributed by atoms with Gasteiger partial charge in [-0.25, -0.2) is 17.5 Å². The summed E-state index contributed by atoms with van der Waals surface area (Å²) in [5, 5.41) is 0. The largest absolute Gasteiger partial charge is 0.452 e. The first-order valence-electron chi connectivity index (χ1n) is 5.80. The second-order valence-electron chi connectivity index (χ2n) is 4.06. The first kappa shape index (κ1) is 15.2. The molecule has 0 aliphatic carbocycles. The molecule has 21 heavy (non-hydrogen) atoms. The fraction of sp³-hybridized carbons (Fsp3) is 0.0769. The third-order valence-electron chi connectivity index (χ3n) is 2.70. The Morgan fingerprint density at radius 2 is 1.86 bits per heavy atom. The maximum Gasteiger partial charge on any atom is 0.240 e. The highest BCUT2D eigenvalue weighted by molar-refractivity contribution is 7.89. The molecule has 0 bridgehead atoms. The smallest absolute Gasteiger partial charge is 0.240 e. The number of nitrogens with one attached hydrogen (secondary N) is 1. The van der Waals surface area contributed by atoms with Crippen molar-refractivity contribution in [2.75, 3.05) is 12.8 Å². The van der Waals surface area contributed by atoms with Gasteiger partial charge in [-0.15, -0.1) is 0 Å². The van der Waals surface area contributed by atoms with Gasteiger partial charge in [-0.1, -0.05) is 6.07 Å². The van der Waals surface area contributed by atoms with Gasteiger partial charge in [0.05, 0.1) is 10.6 Å². The van der Waals surface area contributed by atoms with Crippen LogP contribution in [0, 0.1) is 11.6 Å². The normalized spacial score (nSPS) is 11.4. The van der Waals surface area contributed by atoms with E-state index in [0.29, 0.717) is 0 Å². The molecule has 0 unspecified atom stereocenters. The first-order chi connectivity index (χ1) is 9.85. The lowest BCUT2D eigenvalue weighted by molar-refractivity contribution is 0.417. The van der Waals surface area contributed by atoms with Crippen LogP contribution in [-0.2, 0) is 10.0 Å². The average molecular weight is 314 g/mol. The lowest BCUT2D eigenvalue weighted by Crippen LogP contribution is -2.18. The molecule has 0 saturated heterocycles. The van der Waals surface area contributed by atoms with Gasteiger partial charge in [0.15, 0.2) is 17.3 Å². The summed E-state index contributed by atoms with van der Waals surface area (Å²) >= 11 is 0. The summed E-state index contributed by atoms with van der Waals surface area (Å²) in [6, 6.07) is 7.14. The van der Waals surface area contributed by atoms with Crippen molar-refractivity contribution in [3.63, 3.8) is 0 Å². The summed E-state index contributed by atoms with van der Waals surface area (Å²) in [7, 11) is -2.38. The van der Waals surface area contributed by atoms with Crippen molar-refractivity contribution in [3.8, 4) is 11.5 Å². The number of halogens is 2. The molecule has 2 aromatic carbocycles. The second kappa shape index (κ2) is 5.66. The van der Waals surface area contributed by atoms with Gasteiger partial charge in [-0.3, -0.25) is 0 Å². The number of ether oxygens (including phenoxy) is 1. The van der Waals surface area contributed by atoms with Crippen molar-refractivity contribution in [1.82, 2.24) is 4.72 Å². The topological polar surface area (TPSA) is 81.4 Å². The molecule has 0 amide bonds. The Balaban J connectivity index is 2.37. The van der Waals surface area contributed by atoms with Gasteiger partial charge in [-0.05, 0) is 37.4 Å². The highest BCUT2D eigenvalue weighted by Crippen LogP contribution is 2.31. The lowest BCUT2D eigenvalue weighted by Gasteiger charge is -2.11. The van der Waals surface area contributed by atoms with E-state index in [9.17, 15) is 17.2 Å². The second-order valence-corrected chi connectivity index (χ2v) is 5.95. The molecule has 112 valence electrons. The monoisotopic (exact) mass is 314 g/mol. The van der Waals surface area contributed by atoms with Crippen molar-refractivity contribution in [2.24, 2.45) is 0 Å². The number of benzene rings is 2. The molecule has 0 saturated carbocycles. The molecule has 0 heterocycles. The zero-order valence-corrected chi connectivity index (χ0v) is 11.7. The van der Waals surface area contributed by atoms with Crippen LogP contribution in [0.15, 0.2) is 41.3 Å². The Bertz CT molecular complexity index is 779. The standard InChI is InChI=1S/C13H12F2N2O3S/c1-17-21(18,19)8-5-6-11(10(16)7-8)20-12-4-2-3-9(14)13(12)15/h2-7,17H,16H2,1H3. The van der Waals surface area contributed by atoms with Crippen LogP contribution in [-0.4, -0.2) is 15.5 Å². The number of hydrogen-bond donors (Lipinski definition) is 2. The molecule has 0 atom stereocenters. The Hall–Kier alpha value is -2.19. The van der Waals surface area contributed by atoms with Crippen molar-refractivity contribution >= 4 is 15.7 Å². The molecule has 0 fully saturated rings. The van der Waals surface area contributed by atoms with E-state index in [1.807, 2.05) is 0 Å². The van der Waals surface area contributed by atoms with E-state index in [0.717, 1.165) is 6.07 Å². The highest BCUT2D eigenvalue weighted by Gasteiger charge is 2.15. The molecule has 2 rings (SSSR count). The van der Waals surface area contributed by atoms with E-state index < -0.39 is 21.7 Å². The summed E-state index contributed by atoms with van der Waals surface area (Å²) in [4.78, 5) is -0.0606. The molecule has 3 N–H and O–H groups in total. The molecule has 5 nitrogen and oxygen atoms in total. The number of nitrogen functional groups attached to an aromatic ring is 1. The van der Waals surface area contributed by atoms with Crippen LogP contribution in [0.1, 0.15) is 0 Å². The van der Waals surface area contributed by atoms with Gasteiger partial charge in [0.2, 0.25) is 15.8 Å². The van der Waals surface area contributed by atoms with Crippen LogP contribution in [0.2, 0.25) is 0 Å². The molecule has 0 aromatic heterocycles. The van der Waals surface area contributed by atoms with Gasteiger partial charge in [0.1, 0.15) is 0 Å². The van der Waals surface area contributed by atoms with Gasteiger partial charge in [0.25, 0.3) is 0 Å². The zero-order valence-electron chi connectivity index (χ0n) is 10.9. The van der Waals surface area contributed by atoms with Crippen molar-refractivity contribution < 1.29 is 21.9 Å². The van der Waals surface area contributed by atoms with E-state index in [1.165, 1.54) is 37.4 Å². The fourth-order valence-corrected chi connectivity index (χ4v) is 2.35. The highest BCUT2D eigenvalue weighted by atomic mass is 32.2. The van der Waals surface area contributed by atoms with Crippen LogP contribution in [0.5, 0.6) is 11.5 Å². The Kier molecular flexibility index (Phi) is 4.10. The number of hydrogen-bond acceptors (Lipinski definition) is 4. The van der Waals surface area contributed by atoms with Gasteiger partial charge < -0.3 is 10.5 Å². The molecule has 0 spiro atoms. The van der Waals surface area contributed by atoms with Gasteiger partial charge in [0, 0.05) is 0 Å². The van der Waals surface area contributed by atoms with E-state index >= 15 is 0 Å². The van der Waals surface area contributed by atoms with E-state index in [-0.39, 0.29) is 22.1 Å². The Morgan fingerprint density at radius 1 is 1.14 bits per heavy atom. The first-order valence-corrected chi connectivity index (χ1v) is 7.28. The quantitative estimate of drug-likeness (QED) is 0.848. The third-order valence-corrected chi connectivity index (χ3v) is 4.11. The van der Waals surface area contributed by atoms with E-state index in [1.54, 1.807) is 0 Å².